The van der Waals surface area contributed by atoms with E-state index in [9.17, 15) is 4.79 Å². The van der Waals surface area contributed by atoms with Crippen LogP contribution in [-0.4, -0.2) is 18.3 Å². The van der Waals surface area contributed by atoms with Crippen LogP contribution in [0.4, 0.5) is 0 Å². The van der Waals surface area contributed by atoms with E-state index in [0.29, 0.717) is 11.8 Å². The van der Waals surface area contributed by atoms with Crippen molar-refractivity contribution in [2.45, 2.75) is 45.4 Å². The molecule has 1 aromatic rings. The van der Waals surface area contributed by atoms with Crippen LogP contribution in [0.1, 0.15) is 54.1 Å². The fourth-order valence-corrected chi connectivity index (χ4v) is 3.27. The van der Waals surface area contributed by atoms with Gasteiger partial charge in [0.25, 0.3) is 5.91 Å². The average molecular weight is 294 g/mol. The Kier molecular flexibility index (Phi) is 5.90. The number of fused-ring (bicyclic) bond motifs is 1. The molecule has 0 spiro atoms. The van der Waals surface area contributed by atoms with Gasteiger partial charge in [0.05, 0.1) is 0 Å². The van der Waals surface area contributed by atoms with E-state index in [4.69, 9.17) is 11.6 Å². The zero-order valence-corrected chi connectivity index (χ0v) is 13.0. The van der Waals surface area contributed by atoms with Crippen molar-refractivity contribution in [1.82, 2.24) is 5.32 Å². The van der Waals surface area contributed by atoms with Gasteiger partial charge in [-0.25, -0.2) is 0 Å². The lowest BCUT2D eigenvalue weighted by molar-refractivity contribution is 0.0946. The van der Waals surface area contributed by atoms with Gasteiger partial charge < -0.3 is 5.32 Å². The first kappa shape index (κ1) is 15.4. The number of benzene rings is 1. The summed E-state index contributed by atoms with van der Waals surface area (Å²) in [5.41, 5.74) is 3.56. The molecule has 20 heavy (non-hydrogen) atoms. The molecule has 0 radical (unpaired) electrons. The number of hydrogen-bond donors (Lipinski definition) is 1. The zero-order chi connectivity index (χ0) is 14.4. The smallest absolute Gasteiger partial charge is 0.251 e. The predicted octanol–water partition coefficient (Wildman–Crippen LogP) is 3.95. The monoisotopic (exact) mass is 293 g/mol. The normalized spacial score (nSPS) is 14.9. The van der Waals surface area contributed by atoms with Crippen LogP contribution in [0.5, 0.6) is 0 Å². The Morgan fingerprint density at radius 3 is 2.85 bits per heavy atom. The van der Waals surface area contributed by atoms with E-state index < -0.39 is 0 Å². The third-order valence-electron chi connectivity index (χ3n) is 4.13. The highest BCUT2D eigenvalue weighted by molar-refractivity contribution is 6.17. The molecule has 3 heteroatoms. The van der Waals surface area contributed by atoms with Crippen LogP contribution < -0.4 is 5.32 Å². The van der Waals surface area contributed by atoms with Gasteiger partial charge in [0.1, 0.15) is 0 Å². The Bertz CT molecular complexity index is 452. The summed E-state index contributed by atoms with van der Waals surface area (Å²) in [5, 5.41) is 3.06. The lowest BCUT2D eigenvalue weighted by Gasteiger charge is -2.15. The van der Waals surface area contributed by atoms with Crippen molar-refractivity contribution in [3.8, 4) is 0 Å². The number of hydrogen-bond acceptors (Lipinski definition) is 1. The van der Waals surface area contributed by atoms with Crippen LogP contribution in [0.2, 0.25) is 0 Å². The minimum Gasteiger partial charge on any atom is -0.352 e. The van der Waals surface area contributed by atoms with Crippen molar-refractivity contribution in [1.29, 1.82) is 0 Å². The SMILES string of the molecule is CCCC(CCCl)CNC(=O)c1ccc2c(c1)CCC2. The lowest BCUT2D eigenvalue weighted by Crippen LogP contribution is -2.29. The van der Waals surface area contributed by atoms with Crippen molar-refractivity contribution in [2.75, 3.05) is 12.4 Å². The van der Waals surface area contributed by atoms with E-state index in [1.54, 1.807) is 0 Å². The Hall–Kier alpha value is -1.02. The summed E-state index contributed by atoms with van der Waals surface area (Å²) in [6.07, 6.45) is 6.72. The second kappa shape index (κ2) is 7.68. The summed E-state index contributed by atoms with van der Waals surface area (Å²) < 4.78 is 0. The van der Waals surface area contributed by atoms with Crippen molar-refractivity contribution in [3.63, 3.8) is 0 Å². The van der Waals surface area contributed by atoms with E-state index in [1.807, 2.05) is 6.07 Å². The number of halogens is 1. The van der Waals surface area contributed by atoms with Gasteiger partial charge >= 0.3 is 0 Å². The van der Waals surface area contributed by atoms with Crippen LogP contribution in [0, 0.1) is 5.92 Å². The largest absolute Gasteiger partial charge is 0.352 e. The van der Waals surface area contributed by atoms with Gasteiger partial charge in [-0.05, 0) is 61.3 Å². The molecule has 2 rings (SSSR count). The molecule has 1 aliphatic rings. The van der Waals surface area contributed by atoms with Gasteiger partial charge in [-0.15, -0.1) is 11.6 Å². The van der Waals surface area contributed by atoms with Crippen LogP contribution in [-0.2, 0) is 12.8 Å². The minimum absolute atomic E-state index is 0.0513. The maximum Gasteiger partial charge on any atom is 0.251 e. The third-order valence-corrected chi connectivity index (χ3v) is 4.34. The highest BCUT2D eigenvalue weighted by Gasteiger charge is 2.15. The van der Waals surface area contributed by atoms with Crippen molar-refractivity contribution >= 4 is 17.5 Å². The van der Waals surface area contributed by atoms with Gasteiger partial charge in [0, 0.05) is 18.0 Å². The van der Waals surface area contributed by atoms with Gasteiger partial charge in [0.2, 0.25) is 0 Å². The van der Waals surface area contributed by atoms with E-state index in [2.05, 4.69) is 24.4 Å². The topological polar surface area (TPSA) is 29.1 Å². The molecule has 110 valence electrons. The number of alkyl halides is 1. The van der Waals surface area contributed by atoms with Gasteiger partial charge in [-0.2, -0.15) is 0 Å². The summed E-state index contributed by atoms with van der Waals surface area (Å²) >= 11 is 5.82. The number of amides is 1. The van der Waals surface area contributed by atoms with Gasteiger partial charge in [-0.3, -0.25) is 4.79 Å². The fraction of sp³-hybridized carbons (Fsp3) is 0.588. The molecule has 1 N–H and O–H groups in total. The van der Waals surface area contributed by atoms with E-state index >= 15 is 0 Å². The highest BCUT2D eigenvalue weighted by atomic mass is 35.5. The zero-order valence-electron chi connectivity index (χ0n) is 12.3. The Balaban J connectivity index is 1.91. The first-order chi connectivity index (χ1) is 9.74. The molecule has 0 aliphatic heterocycles. The van der Waals surface area contributed by atoms with E-state index in [-0.39, 0.29) is 5.91 Å². The lowest BCUT2D eigenvalue weighted by atomic mass is 10.0. The fourth-order valence-electron chi connectivity index (χ4n) is 2.96. The molecule has 0 saturated heterocycles. The molecule has 1 aromatic carbocycles. The molecule has 0 heterocycles. The second-order valence-corrected chi connectivity index (χ2v) is 6.06. The van der Waals surface area contributed by atoms with Crippen LogP contribution in [0.3, 0.4) is 0 Å². The van der Waals surface area contributed by atoms with Gasteiger partial charge in [-0.1, -0.05) is 19.4 Å². The minimum atomic E-state index is 0.0513. The van der Waals surface area contributed by atoms with Crippen LogP contribution in [0.15, 0.2) is 18.2 Å². The maximum absolute atomic E-state index is 12.2. The Labute approximate surface area is 126 Å². The van der Waals surface area contributed by atoms with Crippen molar-refractivity contribution < 1.29 is 4.79 Å². The molecule has 1 atom stereocenters. The van der Waals surface area contributed by atoms with E-state index in [1.165, 1.54) is 17.5 Å². The standard InChI is InChI=1S/C17H24ClNO/c1-2-4-13(9-10-18)12-19-17(20)16-8-7-14-5-3-6-15(14)11-16/h7-8,11,13H,2-6,9-10,12H2,1H3,(H,19,20). The summed E-state index contributed by atoms with van der Waals surface area (Å²) in [6.45, 7) is 2.90. The van der Waals surface area contributed by atoms with Crippen molar-refractivity contribution in [2.24, 2.45) is 5.92 Å². The summed E-state index contributed by atoms with van der Waals surface area (Å²) in [6, 6.07) is 6.13. The molecular weight excluding hydrogens is 270 g/mol. The molecule has 0 bridgehead atoms. The molecule has 0 saturated carbocycles. The Morgan fingerprint density at radius 1 is 1.30 bits per heavy atom. The molecule has 0 fully saturated rings. The highest BCUT2D eigenvalue weighted by Crippen LogP contribution is 2.22. The number of carbonyl (C=O) groups excluding carboxylic acids is 1. The average Bonchev–Trinajstić information content (AvgIpc) is 2.92. The van der Waals surface area contributed by atoms with E-state index in [0.717, 1.165) is 44.2 Å². The molecule has 2 nitrogen and oxygen atoms in total. The number of nitrogens with one attached hydrogen (secondary N) is 1. The predicted molar refractivity (Wildman–Crippen MR) is 84.5 cm³/mol. The number of aryl methyl sites for hydroxylation is 2. The second-order valence-electron chi connectivity index (χ2n) is 5.68. The first-order valence-corrected chi connectivity index (χ1v) is 8.24. The molecule has 1 amide bonds. The maximum atomic E-state index is 12.2. The number of carbonyl (C=O) groups is 1. The third kappa shape index (κ3) is 3.99. The molecule has 0 aromatic heterocycles. The molecule has 1 unspecified atom stereocenters. The molecular formula is C17H24ClNO. The Morgan fingerprint density at radius 2 is 2.10 bits per heavy atom. The number of rotatable bonds is 7. The van der Waals surface area contributed by atoms with Crippen LogP contribution in [0.25, 0.3) is 0 Å². The summed E-state index contributed by atoms with van der Waals surface area (Å²) in [7, 11) is 0. The molecule has 1 aliphatic carbocycles. The first-order valence-electron chi connectivity index (χ1n) is 7.70. The summed E-state index contributed by atoms with van der Waals surface area (Å²) in [5.74, 6) is 1.21. The van der Waals surface area contributed by atoms with Crippen molar-refractivity contribution in [3.05, 3.63) is 34.9 Å². The quantitative estimate of drug-likeness (QED) is 0.758. The van der Waals surface area contributed by atoms with Gasteiger partial charge in [0.15, 0.2) is 0 Å². The summed E-state index contributed by atoms with van der Waals surface area (Å²) in [4.78, 5) is 12.2. The van der Waals surface area contributed by atoms with Crippen LogP contribution >= 0.6 is 11.6 Å².